The number of pyridine rings is 1. The molecule has 0 spiro atoms. The van der Waals surface area contributed by atoms with Crippen LogP contribution in [0.4, 0.5) is 4.79 Å². The predicted octanol–water partition coefficient (Wildman–Crippen LogP) is 1.84. The highest BCUT2D eigenvalue weighted by molar-refractivity contribution is 5.74. The molecule has 3 rings (SSSR count). The standard InChI is InChI=1S/C17H23N5O2/c1-2-21(12-14-6-10-24-13-14)17(23)19-11-15-5-3-7-18-16(15)22-9-4-8-20-22/h3-5,7-9,14H,2,6,10-13H2,1H3,(H,19,23)/t14-/m0/s1. The molecule has 0 bridgehead atoms. The van der Waals surface area contributed by atoms with Gasteiger partial charge in [0, 0.05) is 56.3 Å². The molecule has 1 atom stereocenters. The van der Waals surface area contributed by atoms with Crippen LogP contribution in [-0.4, -0.2) is 52.0 Å². The van der Waals surface area contributed by atoms with E-state index in [1.54, 1.807) is 17.1 Å². The number of aromatic nitrogens is 3. The van der Waals surface area contributed by atoms with E-state index >= 15 is 0 Å². The fourth-order valence-electron chi connectivity index (χ4n) is 2.85. The summed E-state index contributed by atoms with van der Waals surface area (Å²) in [6, 6.07) is 5.60. The fourth-order valence-corrected chi connectivity index (χ4v) is 2.85. The van der Waals surface area contributed by atoms with Gasteiger partial charge in [-0.15, -0.1) is 0 Å². The fraction of sp³-hybridized carbons (Fsp3) is 0.471. The van der Waals surface area contributed by atoms with Crippen LogP contribution in [0.1, 0.15) is 18.9 Å². The summed E-state index contributed by atoms with van der Waals surface area (Å²) in [5.74, 6) is 1.17. The first-order valence-electron chi connectivity index (χ1n) is 8.32. The number of amides is 2. The Morgan fingerprint density at radius 1 is 1.46 bits per heavy atom. The molecule has 0 unspecified atom stereocenters. The summed E-state index contributed by atoms with van der Waals surface area (Å²) in [7, 11) is 0. The van der Waals surface area contributed by atoms with E-state index in [0.717, 1.165) is 37.6 Å². The highest BCUT2D eigenvalue weighted by Crippen LogP contribution is 2.14. The van der Waals surface area contributed by atoms with Gasteiger partial charge in [-0.25, -0.2) is 14.5 Å². The number of nitrogens with zero attached hydrogens (tertiary/aromatic N) is 4. The molecule has 1 saturated heterocycles. The Bertz CT molecular complexity index is 653. The van der Waals surface area contributed by atoms with Crippen molar-refractivity contribution in [2.45, 2.75) is 19.9 Å². The molecule has 2 aromatic rings. The molecule has 1 fully saturated rings. The highest BCUT2D eigenvalue weighted by atomic mass is 16.5. The average molecular weight is 329 g/mol. The van der Waals surface area contributed by atoms with Crippen molar-refractivity contribution < 1.29 is 9.53 Å². The molecule has 2 amide bonds. The number of ether oxygens (including phenoxy) is 1. The third kappa shape index (κ3) is 3.91. The summed E-state index contributed by atoms with van der Waals surface area (Å²) in [6.07, 6.45) is 6.29. The zero-order chi connectivity index (χ0) is 16.8. The Hall–Kier alpha value is -2.41. The summed E-state index contributed by atoms with van der Waals surface area (Å²) in [5.41, 5.74) is 0.926. The van der Waals surface area contributed by atoms with Crippen molar-refractivity contribution in [1.82, 2.24) is 25.0 Å². The van der Waals surface area contributed by atoms with Crippen LogP contribution >= 0.6 is 0 Å². The molecule has 0 saturated carbocycles. The molecule has 7 nitrogen and oxygen atoms in total. The van der Waals surface area contributed by atoms with Gasteiger partial charge in [-0.2, -0.15) is 5.10 Å². The van der Waals surface area contributed by atoms with Gasteiger partial charge in [0.15, 0.2) is 5.82 Å². The van der Waals surface area contributed by atoms with Crippen LogP contribution in [0.2, 0.25) is 0 Å². The Morgan fingerprint density at radius 2 is 2.38 bits per heavy atom. The van der Waals surface area contributed by atoms with Crippen LogP contribution in [-0.2, 0) is 11.3 Å². The molecule has 0 aliphatic carbocycles. The number of carbonyl (C=O) groups excluding carboxylic acids is 1. The van der Waals surface area contributed by atoms with E-state index in [1.165, 1.54) is 0 Å². The van der Waals surface area contributed by atoms with Crippen LogP contribution in [0.15, 0.2) is 36.8 Å². The van der Waals surface area contributed by atoms with Gasteiger partial charge in [-0.05, 0) is 25.5 Å². The lowest BCUT2D eigenvalue weighted by atomic mass is 10.1. The molecular formula is C17H23N5O2. The van der Waals surface area contributed by atoms with Gasteiger partial charge in [0.1, 0.15) is 0 Å². The molecular weight excluding hydrogens is 306 g/mol. The molecule has 0 aromatic carbocycles. The maximum Gasteiger partial charge on any atom is 0.317 e. The lowest BCUT2D eigenvalue weighted by molar-refractivity contribution is 0.166. The van der Waals surface area contributed by atoms with Gasteiger partial charge in [0.2, 0.25) is 0 Å². The molecule has 1 N–H and O–H groups in total. The Balaban J connectivity index is 1.61. The lowest BCUT2D eigenvalue weighted by Crippen LogP contribution is -2.42. The monoisotopic (exact) mass is 329 g/mol. The van der Waals surface area contributed by atoms with Crippen molar-refractivity contribution in [3.63, 3.8) is 0 Å². The van der Waals surface area contributed by atoms with Crippen molar-refractivity contribution in [3.8, 4) is 5.82 Å². The normalized spacial score (nSPS) is 17.0. The van der Waals surface area contributed by atoms with Gasteiger partial charge >= 0.3 is 6.03 Å². The minimum absolute atomic E-state index is 0.0559. The maximum absolute atomic E-state index is 12.5. The van der Waals surface area contributed by atoms with Crippen LogP contribution in [0.3, 0.4) is 0 Å². The van der Waals surface area contributed by atoms with Crippen molar-refractivity contribution in [1.29, 1.82) is 0 Å². The third-order valence-corrected chi connectivity index (χ3v) is 4.19. The summed E-state index contributed by atoms with van der Waals surface area (Å²) in [5, 5.41) is 7.20. The SMILES string of the molecule is CCN(C[C@@H]1CCOC1)C(=O)NCc1cccnc1-n1cccn1. The zero-order valence-electron chi connectivity index (χ0n) is 13.9. The van der Waals surface area contributed by atoms with Gasteiger partial charge in [0.25, 0.3) is 0 Å². The Labute approximate surface area is 141 Å². The number of carbonyl (C=O) groups is 1. The van der Waals surface area contributed by atoms with E-state index in [-0.39, 0.29) is 6.03 Å². The topological polar surface area (TPSA) is 72.3 Å². The van der Waals surface area contributed by atoms with Crippen molar-refractivity contribution in [3.05, 3.63) is 42.4 Å². The molecule has 2 aromatic heterocycles. The van der Waals surface area contributed by atoms with Crippen LogP contribution in [0, 0.1) is 5.92 Å². The van der Waals surface area contributed by atoms with Crippen LogP contribution in [0.25, 0.3) is 5.82 Å². The molecule has 128 valence electrons. The van der Waals surface area contributed by atoms with Crippen molar-refractivity contribution in [2.75, 3.05) is 26.3 Å². The largest absolute Gasteiger partial charge is 0.381 e. The first kappa shape index (κ1) is 16.4. The van der Waals surface area contributed by atoms with Crippen LogP contribution in [0.5, 0.6) is 0 Å². The summed E-state index contributed by atoms with van der Waals surface area (Å²) >= 11 is 0. The van der Waals surface area contributed by atoms with Crippen LogP contribution < -0.4 is 5.32 Å². The van der Waals surface area contributed by atoms with Gasteiger partial charge in [-0.3, -0.25) is 0 Å². The van der Waals surface area contributed by atoms with E-state index in [4.69, 9.17) is 4.74 Å². The number of urea groups is 1. The van der Waals surface area contributed by atoms with E-state index in [0.29, 0.717) is 19.0 Å². The second-order valence-electron chi connectivity index (χ2n) is 5.86. The number of hydrogen-bond donors (Lipinski definition) is 1. The number of rotatable bonds is 6. The smallest absolute Gasteiger partial charge is 0.317 e. The lowest BCUT2D eigenvalue weighted by Gasteiger charge is -2.24. The van der Waals surface area contributed by atoms with Gasteiger partial charge in [0.05, 0.1) is 6.61 Å². The third-order valence-electron chi connectivity index (χ3n) is 4.19. The van der Waals surface area contributed by atoms with E-state index in [1.807, 2.05) is 36.2 Å². The Kier molecular flexibility index (Phi) is 5.43. The number of hydrogen-bond acceptors (Lipinski definition) is 4. The molecule has 7 heteroatoms. The van der Waals surface area contributed by atoms with Crippen molar-refractivity contribution >= 4 is 6.03 Å². The quantitative estimate of drug-likeness (QED) is 0.878. The molecule has 3 heterocycles. The minimum Gasteiger partial charge on any atom is -0.381 e. The second kappa shape index (κ2) is 7.92. The second-order valence-corrected chi connectivity index (χ2v) is 5.86. The average Bonchev–Trinajstić information content (AvgIpc) is 3.31. The molecule has 1 aliphatic heterocycles. The first-order chi connectivity index (χ1) is 11.8. The molecule has 0 radical (unpaired) electrons. The highest BCUT2D eigenvalue weighted by Gasteiger charge is 2.21. The van der Waals surface area contributed by atoms with E-state index in [2.05, 4.69) is 15.4 Å². The molecule has 1 aliphatic rings. The summed E-state index contributed by atoms with van der Waals surface area (Å²) in [4.78, 5) is 18.7. The Morgan fingerprint density at radius 3 is 3.08 bits per heavy atom. The minimum atomic E-state index is -0.0559. The number of nitrogens with one attached hydrogen (secondary N) is 1. The van der Waals surface area contributed by atoms with E-state index < -0.39 is 0 Å². The summed E-state index contributed by atoms with van der Waals surface area (Å²) in [6.45, 7) is 5.37. The maximum atomic E-state index is 12.5. The van der Waals surface area contributed by atoms with Gasteiger partial charge < -0.3 is 15.0 Å². The van der Waals surface area contributed by atoms with Crippen molar-refractivity contribution in [2.24, 2.45) is 5.92 Å². The summed E-state index contributed by atoms with van der Waals surface area (Å²) < 4.78 is 7.10. The zero-order valence-corrected chi connectivity index (χ0v) is 13.9. The van der Waals surface area contributed by atoms with E-state index in [9.17, 15) is 4.79 Å². The first-order valence-corrected chi connectivity index (χ1v) is 8.32. The molecule has 24 heavy (non-hydrogen) atoms. The van der Waals surface area contributed by atoms with Gasteiger partial charge in [-0.1, -0.05) is 6.07 Å². The predicted molar refractivity (Wildman–Crippen MR) is 89.8 cm³/mol.